The lowest BCUT2D eigenvalue weighted by Crippen LogP contribution is -2.66. The molecule has 0 spiro atoms. The number of rotatable bonds is 4. The van der Waals surface area contributed by atoms with Gasteiger partial charge in [0.1, 0.15) is 11.3 Å². The van der Waals surface area contributed by atoms with Crippen molar-refractivity contribution in [2.24, 2.45) is 0 Å². The Morgan fingerprint density at radius 2 is 1.82 bits per heavy atom. The van der Waals surface area contributed by atoms with E-state index in [1.54, 1.807) is 18.3 Å². The molecule has 1 saturated heterocycles. The zero-order valence-electron chi connectivity index (χ0n) is 18.1. The number of carbonyl (C=O) groups is 1. The molecule has 33 heavy (non-hydrogen) atoms. The number of nitrogens with zero attached hydrogens (tertiary/aromatic N) is 2. The number of hydrogen-bond donors (Lipinski definition) is 3. The van der Waals surface area contributed by atoms with Crippen molar-refractivity contribution in [2.45, 2.75) is 19.4 Å². The molecule has 0 atom stereocenters. The van der Waals surface area contributed by atoms with E-state index in [1.807, 2.05) is 32.0 Å². The molecular formula is C24H23ClFN5O2. The lowest BCUT2D eigenvalue weighted by molar-refractivity contribution is 0.0847. The summed E-state index contributed by atoms with van der Waals surface area (Å²) in [7, 11) is 0. The minimum Gasteiger partial charge on any atom is -0.339 e. The largest absolute Gasteiger partial charge is 0.339 e. The Kier molecular flexibility index (Phi) is 5.82. The highest BCUT2D eigenvalue weighted by molar-refractivity contribution is 5.94. The van der Waals surface area contributed by atoms with Gasteiger partial charge in [-0.2, -0.15) is 5.10 Å². The fraction of sp³-hybridized carbons (Fsp3) is 0.208. The van der Waals surface area contributed by atoms with Crippen LogP contribution < -0.4 is 16.2 Å². The fourth-order valence-corrected chi connectivity index (χ4v) is 3.96. The van der Waals surface area contributed by atoms with Gasteiger partial charge in [0.2, 0.25) is 0 Å². The van der Waals surface area contributed by atoms with Crippen LogP contribution in [0.1, 0.15) is 27.2 Å². The summed E-state index contributed by atoms with van der Waals surface area (Å²) in [6.07, 6.45) is 1.71. The van der Waals surface area contributed by atoms with Crippen molar-refractivity contribution in [3.05, 3.63) is 93.3 Å². The van der Waals surface area contributed by atoms with E-state index >= 15 is 0 Å². The number of amides is 1. The Hall–Kier alpha value is -3.49. The zero-order valence-corrected chi connectivity index (χ0v) is 18.9. The standard InChI is InChI=1S/C24H22FN5O2.ClH/c1-14-3-4-16(9-15(14)2)20-11-30-21(23(32)27-20)10-19(29-30)22(31)28-24(12-26-13-24)17-5-7-18(25)8-6-17;/h3-11,26H,12-13H2,1-2H3,(H,27,32)(H,28,31);1H. The highest BCUT2D eigenvalue weighted by Crippen LogP contribution is 2.26. The van der Waals surface area contributed by atoms with Crippen LogP contribution in [0.3, 0.4) is 0 Å². The Labute approximate surface area is 195 Å². The number of aromatic amines is 1. The van der Waals surface area contributed by atoms with Crippen molar-refractivity contribution >= 4 is 23.8 Å². The molecule has 7 nitrogen and oxygen atoms in total. The van der Waals surface area contributed by atoms with Crippen molar-refractivity contribution in [1.29, 1.82) is 0 Å². The molecule has 0 saturated carbocycles. The molecule has 0 bridgehead atoms. The molecule has 1 aliphatic rings. The van der Waals surface area contributed by atoms with Crippen molar-refractivity contribution < 1.29 is 9.18 Å². The maximum atomic E-state index is 13.3. The highest BCUT2D eigenvalue weighted by Gasteiger charge is 2.40. The SMILES string of the molecule is Cc1ccc(-c2cn3nc(C(=O)NC4(c5ccc(F)cc5)CNC4)cc3c(=O)[nH]2)cc1C.Cl. The van der Waals surface area contributed by atoms with E-state index in [4.69, 9.17) is 0 Å². The summed E-state index contributed by atoms with van der Waals surface area (Å²) in [5, 5.41) is 10.5. The van der Waals surface area contributed by atoms with Gasteiger partial charge in [-0.25, -0.2) is 8.91 Å². The van der Waals surface area contributed by atoms with Gasteiger partial charge in [0, 0.05) is 19.2 Å². The molecule has 4 aromatic rings. The van der Waals surface area contributed by atoms with E-state index < -0.39 is 11.4 Å². The van der Waals surface area contributed by atoms with Gasteiger partial charge in [0.15, 0.2) is 5.69 Å². The number of hydrogen-bond acceptors (Lipinski definition) is 4. The normalized spacial score (nSPS) is 14.4. The maximum Gasteiger partial charge on any atom is 0.274 e. The third-order valence-electron chi connectivity index (χ3n) is 6.12. The van der Waals surface area contributed by atoms with Gasteiger partial charge in [-0.15, -0.1) is 12.4 Å². The van der Waals surface area contributed by atoms with Gasteiger partial charge in [0.25, 0.3) is 11.5 Å². The predicted molar refractivity (Wildman–Crippen MR) is 126 cm³/mol. The van der Waals surface area contributed by atoms with Gasteiger partial charge >= 0.3 is 0 Å². The number of fused-ring (bicyclic) bond motifs is 1. The number of benzene rings is 2. The van der Waals surface area contributed by atoms with E-state index in [2.05, 4.69) is 20.7 Å². The monoisotopic (exact) mass is 467 g/mol. The maximum absolute atomic E-state index is 13.3. The first kappa shape index (κ1) is 22.7. The number of H-pyrrole nitrogens is 1. The number of nitrogens with one attached hydrogen (secondary N) is 3. The predicted octanol–water partition coefficient (Wildman–Crippen LogP) is 3.10. The molecule has 9 heteroatoms. The lowest BCUT2D eigenvalue weighted by Gasteiger charge is -2.43. The minimum atomic E-state index is -0.641. The van der Waals surface area contributed by atoms with Crippen LogP contribution >= 0.6 is 12.4 Å². The third-order valence-corrected chi connectivity index (χ3v) is 6.12. The molecule has 0 unspecified atom stereocenters. The number of aryl methyl sites for hydroxylation is 2. The van der Waals surface area contributed by atoms with Crippen molar-refractivity contribution in [3.8, 4) is 11.3 Å². The molecule has 2 aromatic carbocycles. The smallest absolute Gasteiger partial charge is 0.274 e. The van der Waals surface area contributed by atoms with Gasteiger partial charge < -0.3 is 15.6 Å². The summed E-state index contributed by atoms with van der Waals surface area (Å²) >= 11 is 0. The molecule has 1 aliphatic heterocycles. The van der Waals surface area contributed by atoms with Crippen LogP contribution in [-0.2, 0) is 5.54 Å². The summed E-state index contributed by atoms with van der Waals surface area (Å²) in [6, 6.07) is 13.5. The van der Waals surface area contributed by atoms with Gasteiger partial charge in [-0.3, -0.25) is 9.59 Å². The van der Waals surface area contributed by atoms with E-state index in [9.17, 15) is 14.0 Å². The molecular weight excluding hydrogens is 445 g/mol. The average Bonchev–Trinajstić information content (AvgIpc) is 3.18. The summed E-state index contributed by atoms with van der Waals surface area (Å²) in [4.78, 5) is 28.6. The Bertz CT molecular complexity index is 1410. The highest BCUT2D eigenvalue weighted by atomic mass is 35.5. The van der Waals surface area contributed by atoms with Gasteiger partial charge in [-0.1, -0.05) is 24.3 Å². The zero-order chi connectivity index (χ0) is 22.5. The molecule has 1 amide bonds. The van der Waals surface area contributed by atoms with E-state index in [1.165, 1.54) is 22.7 Å². The minimum absolute atomic E-state index is 0. The summed E-state index contributed by atoms with van der Waals surface area (Å²) < 4.78 is 14.8. The van der Waals surface area contributed by atoms with Crippen molar-refractivity contribution in [2.75, 3.05) is 13.1 Å². The molecule has 0 radical (unpaired) electrons. The molecule has 1 fully saturated rings. The number of aromatic nitrogens is 3. The van der Waals surface area contributed by atoms with Crippen molar-refractivity contribution in [3.63, 3.8) is 0 Å². The first-order valence-corrected chi connectivity index (χ1v) is 10.3. The number of halogens is 2. The van der Waals surface area contributed by atoms with Crippen LogP contribution in [0.25, 0.3) is 16.8 Å². The van der Waals surface area contributed by atoms with Crippen LogP contribution in [0.15, 0.2) is 59.5 Å². The van der Waals surface area contributed by atoms with Crippen molar-refractivity contribution in [1.82, 2.24) is 25.2 Å². The third kappa shape index (κ3) is 4.03. The first-order valence-electron chi connectivity index (χ1n) is 10.3. The van der Waals surface area contributed by atoms with Crippen LogP contribution in [0.4, 0.5) is 4.39 Å². The average molecular weight is 468 g/mol. The second kappa shape index (κ2) is 8.46. The topological polar surface area (TPSA) is 91.3 Å². The molecule has 3 heterocycles. The van der Waals surface area contributed by atoms with Gasteiger partial charge in [0.05, 0.1) is 17.4 Å². The van der Waals surface area contributed by atoms with Gasteiger partial charge in [-0.05, 0) is 54.3 Å². The van der Waals surface area contributed by atoms with Crippen LogP contribution in [-0.4, -0.2) is 33.6 Å². The quantitative estimate of drug-likeness (QED) is 0.430. The first-order chi connectivity index (χ1) is 15.3. The Morgan fingerprint density at radius 1 is 1.09 bits per heavy atom. The van der Waals surface area contributed by atoms with E-state index in [0.717, 1.165) is 22.3 Å². The molecule has 5 rings (SSSR count). The number of carbonyl (C=O) groups excluding carboxylic acids is 1. The fourth-order valence-electron chi connectivity index (χ4n) is 3.96. The second-order valence-electron chi connectivity index (χ2n) is 8.30. The molecule has 2 aromatic heterocycles. The van der Waals surface area contributed by atoms with Crippen LogP contribution in [0.2, 0.25) is 0 Å². The summed E-state index contributed by atoms with van der Waals surface area (Å²) in [6.45, 7) is 5.09. The molecule has 170 valence electrons. The van der Waals surface area contributed by atoms with E-state index in [-0.39, 0.29) is 35.0 Å². The summed E-state index contributed by atoms with van der Waals surface area (Å²) in [5.74, 6) is -0.728. The lowest BCUT2D eigenvalue weighted by atomic mass is 9.84. The molecule has 0 aliphatic carbocycles. The van der Waals surface area contributed by atoms with Crippen LogP contribution in [0, 0.1) is 19.7 Å². The summed E-state index contributed by atoms with van der Waals surface area (Å²) in [5.41, 5.74) is 4.02. The Morgan fingerprint density at radius 3 is 2.45 bits per heavy atom. The van der Waals surface area contributed by atoms with Crippen LogP contribution in [0.5, 0.6) is 0 Å². The second-order valence-corrected chi connectivity index (χ2v) is 8.30. The Balaban J connectivity index is 0.00000259. The van der Waals surface area contributed by atoms with E-state index in [0.29, 0.717) is 18.8 Å². The molecule has 3 N–H and O–H groups in total.